The molecule has 2 unspecified atom stereocenters. The van der Waals surface area contributed by atoms with E-state index in [0.29, 0.717) is 13.2 Å². The smallest absolute Gasteiger partial charge is 0.251 e. The molecule has 0 aromatic carbocycles. The van der Waals surface area contributed by atoms with E-state index in [4.69, 9.17) is 9.47 Å². The first-order chi connectivity index (χ1) is 6.58. The summed E-state index contributed by atoms with van der Waals surface area (Å²) in [4.78, 5) is 13.5. The summed E-state index contributed by atoms with van der Waals surface area (Å²) in [5.41, 5.74) is 0. The van der Waals surface area contributed by atoms with E-state index in [0.717, 1.165) is 0 Å². The van der Waals surface area contributed by atoms with Crippen molar-refractivity contribution >= 4 is 5.91 Å². The zero-order valence-electron chi connectivity index (χ0n) is 9.74. The molecule has 14 heavy (non-hydrogen) atoms. The lowest BCUT2D eigenvalue weighted by Gasteiger charge is -2.29. The minimum Gasteiger partial charge on any atom is -0.383 e. The molecule has 0 saturated heterocycles. The van der Waals surface area contributed by atoms with E-state index in [1.54, 1.807) is 18.9 Å². The Bertz CT molecular complexity index is 173. The lowest BCUT2D eigenvalue weighted by atomic mass is 10.2. The van der Waals surface area contributed by atoms with Gasteiger partial charge in [0.25, 0.3) is 5.91 Å². The molecular weight excluding hydrogens is 182 g/mol. The first-order valence-corrected chi connectivity index (χ1v) is 4.90. The van der Waals surface area contributed by atoms with Crippen LogP contribution in [-0.2, 0) is 14.3 Å². The number of ether oxygens (including phenoxy) is 2. The first kappa shape index (κ1) is 13.4. The van der Waals surface area contributed by atoms with Crippen molar-refractivity contribution in [1.29, 1.82) is 0 Å². The van der Waals surface area contributed by atoms with Gasteiger partial charge in [-0.3, -0.25) is 4.79 Å². The molecule has 0 aromatic heterocycles. The molecule has 0 bridgehead atoms. The number of hydrogen-bond donors (Lipinski definition) is 0. The fourth-order valence-corrected chi connectivity index (χ4v) is 1.35. The average Bonchev–Trinajstić information content (AvgIpc) is 2.18. The Morgan fingerprint density at radius 1 is 1.36 bits per heavy atom. The van der Waals surface area contributed by atoms with Crippen LogP contribution in [-0.4, -0.2) is 50.3 Å². The van der Waals surface area contributed by atoms with E-state index in [1.165, 1.54) is 7.11 Å². The standard InChI is InChI=1S/C10H21NO3/c1-6-11(8(2)7-13-4)10(12)9(3)14-5/h8-9H,6-7H2,1-5H3. The predicted octanol–water partition coefficient (Wildman–Crippen LogP) is 0.905. The van der Waals surface area contributed by atoms with Gasteiger partial charge in [0.05, 0.1) is 12.6 Å². The van der Waals surface area contributed by atoms with Crippen molar-refractivity contribution in [3.63, 3.8) is 0 Å². The van der Waals surface area contributed by atoms with Gasteiger partial charge < -0.3 is 14.4 Å². The Morgan fingerprint density at radius 3 is 2.29 bits per heavy atom. The second-order valence-electron chi connectivity index (χ2n) is 3.31. The Morgan fingerprint density at radius 2 is 1.93 bits per heavy atom. The number of rotatable bonds is 6. The summed E-state index contributed by atoms with van der Waals surface area (Å²) in [6.07, 6.45) is -0.380. The zero-order chi connectivity index (χ0) is 11.1. The third-order valence-corrected chi connectivity index (χ3v) is 2.27. The molecule has 0 fully saturated rings. The highest BCUT2D eigenvalue weighted by molar-refractivity contribution is 5.80. The van der Waals surface area contributed by atoms with Gasteiger partial charge in [0.15, 0.2) is 0 Å². The molecule has 84 valence electrons. The SMILES string of the molecule is CCN(C(=O)C(C)OC)C(C)COC. The second kappa shape index (κ2) is 6.79. The maximum atomic E-state index is 11.8. The molecule has 0 saturated carbocycles. The largest absolute Gasteiger partial charge is 0.383 e. The number of likely N-dealkylation sites (N-methyl/N-ethyl adjacent to an activating group) is 1. The van der Waals surface area contributed by atoms with E-state index in [2.05, 4.69) is 0 Å². The number of hydrogen-bond acceptors (Lipinski definition) is 3. The van der Waals surface area contributed by atoms with E-state index >= 15 is 0 Å². The molecule has 1 amide bonds. The van der Waals surface area contributed by atoms with Crippen LogP contribution in [0.4, 0.5) is 0 Å². The molecule has 0 aliphatic heterocycles. The quantitative estimate of drug-likeness (QED) is 0.644. The van der Waals surface area contributed by atoms with Crippen molar-refractivity contribution in [3.05, 3.63) is 0 Å². The average molecular weight is 203 g/mol. The molecule has 4 nitrogen and oxygen atoms in total. The Balaban J connectivity index is 4.31. The first-order valence-electron chi connectivity index (χ1n) is 4.90. The molecule has 0 aliphatic carbocycles. The minimum absolute atomic E-state index is 0.0135. The van der Waals surface area contributed by atoms with Gasteiger partial charge in [-0.1, -0.05) is 0 Å². The summed E-state index contributed by atoms with van der Waals surface area (Å²) in [7, 11) is 3.17. The molecule has 0 aromatic rings. The molecule has 0 spiro atoms. The normalized spacial score (nSPS) is 14.9. The van der Waals surface area contributed by atoms with E-state index in [-0.39, 0.29) is 18.1 Å². The summed E-state index contributed by atoms with van der Waals surface area (Å²) < 4.78 is 10.0. The van der Waals surface area contributed by atoms with Crippen molar-refractivity contribution in [2.24, 2.45) is 0 Å². The number of carbonyl (C=O) groups excluding carboxylic acids is 1. The number of nitrogens with zero attached hydrogens (tertiary/aromatic N) is 1. The summed E-state index contributed by atoms with van der Waals surface area (Å²) in [6, 6.07) is 0.0927. The van der Waals surface area contributed by atoms with Gasteiger partial charge in [-0.25, -0.2) is 0 Å². The van der Waals surface area contributed by atoms with Gasteiger partial charge in [0, 0.05) is 20.8 Å². The Kier molecular flexibility index (Phi) is 6.49. The summed E-state index contributed by atoms with van der Waals surface area (Å²) >= 11 is 0. The van der Waals surface area contributed by atoms with Gasteiger partial charge in [-0.15, -0.1) is 0 Å². The van der Waals surface area contributed by atoms with Crippen LogP contribution in [0.3, 0.4) is 0 Å². The van der Waals surface area contributed by atoms with Crippen LogP contribution in [0.5, 0.6) is 0 Å². The van der Waals surface area contributed by atoms with Gasteiger partial charge in [-0.2, -0.15) is 0 Å². The highest BCUT2D eigenvalue weighted by atomic mass is 16.5. The Labute approximate surface area is 86.2 Å². The molecule has 0 N–H and O–H groups in total. The van der Waals surface area contributed by atoms with E-state index in [9.17, 15) is 4.79 Å². The van der Waals surface area contributed by atoms with Crippen molar-refractivity contribution in [3.8, 4) is 0 Å². The van der Waals surface area contributed by atoms with Gasteiger partial charge in [-0.05, 0) is 20.8 Å². The van der Waals surface area contributed by atoms with E-state index < -0.39 is 0 Å². The van der Waals surface area contributed by atoms with E-state index in [1.807, 2.05) is 13.8 Å². The van der Waals surface area contributed by atoms with Crippen LogP contribution < -0.4 is 0 Å². The Hall–Kier alpha value is -0.610. The number of carbonyl (C=O) groups is 1. The van der Waals surface area contributed by atoms with Crippen molar-refractivity contribution < 1.29 is 14.3 Å². The van der Waals surface area contributed by atoms with Crippen LogP contribution in [0.15, 0.2) is 0 Å². The van der Waals surface area contributed by atoms with Gasteiger partial charge >= 0.3 is 0 Å². The lowest BCUT2D eigenvalue weighted by Crippen LogP contribution is -2.45. The van der Waals surface area contributed by atoms with Crippen molar-refractivity contribution in [2.75, 3.05) is 27.4 Å². The highest BCUT2D eigenvalue weighted by Gasteiger charge is 2.22. The van der Waals surface area contributed by atoms with Crippen LogP contribution in [0.25, 0.3) is 0 Å². The van der Waals surface area contributed by atoms with Crippen molar-refractivity contribution in [2.45, 2.75) is 32.9 Å². The third-order valence-electron chi connectivity index (χ3n) is 2.27. The zero-order valence-corrected chi connectivity index (χ0v) is 9.74. The third kappa shape index (κ3) is 3.64. The predicted molar refractivity (Wildman–Crippen MR) is 55.2 cm³/mol. The van der Waals surface area contributed by atoms with Crippen molar-refractivity contribution in [1.82, 2.24) is 4.90 Å². The number of methoxy groups -OCH3 is 2. The molecular formula is C10H21NO3. The summed E-state index contributed by atoms with van der Waals surface area (Å²) in [5, 5.41) is 0. The summed E-state index contributed by atoms with van der Waals surface area (Å²) in [6.45, 7) is 6.90. The second-order valence-corrected chi connectivity index (χ2v) is 3.31. The summed E-state index contributed by atoms with van der Waals surface area (Å²) in [5.74, 6) is 0.0135. The van der Waals surface area contributed by atoms with Crippen LogP contribution in [0.2, 0.25) is 0 Å². The van der Waals surface area contributed by atoms with Crippen LogP contribution in [0, 0.1) is 0 Å². The number of amides is 1. The maximum absolute atomic E-state index is 11.8. The topological polar surface area (TPSA) is 38.8 Å². The highest BCUT2D eigenvalue weighted by Crippen LogP contribution is 2.04. The van der Waals surface area contributed by atoms with Gasteiger partial charge in [0.2, 0.25) is 0 Å². The van der Waals surface area contributed by atoms with Gasteiger partial charge in [0.1, 0.15) is 6.10 Å². The molecule has 4 heteroatoms. The molecule has 0 rings (SSSR count). The molecule has 0 heterocycles. The van der Waals surface area contributed by atoms with Crippen LogP contribution in [0.1, 0.15) is 20.8 Å². The monoisotopic (exact) mass is 203 g/mol. The fourth-order valence-electron chi connectivity index (χ4n) is 1.35. The maximum Gasteiger partial charge on any atom is 0.251 e. The molecule has 0 aliphatic rings. The fraction of sp³-hybridized carbons (Fsp3) is 0.900. The molecule has 2 atom stereocenters. The molecule has 0 radical (unpaired) electrons. The lowest BCUT2D eigenvalue weighted by molar-refractivity contribution is -0.143. The van der Waals surface area contributed by atoms with Crippen LogP contribution >= 0.6 is 0 Å². The minimum atomic E-state index is -0.380.